The smallest absolute Gasteiger partial charge is 0.409 e. The molecule has 1 amide bonds. The van der Waals surface area contributed by atoms with Crippen molar-refractivity contribution >= 4 is 13.6 Å². The first kappa shape index (κ1) is 16.1. The molecule has 1 aliphatic heterocycles. The van der Waals surface area contributed by atoms with Crippen molar-refractivity contribution in [1.29, 1.82) is 0 Å². The lowest BCUT2D eigenvalue weighted by Crippen LogP contribution is -2.48. The highest BCUT2D eigenvalue weighted by molar-refractivity contribution is 6.38. The SMILES string of the molecule is COC(=O)N1CCC=C([B]OC(C)(C)C(C)(C)[OH2+])C1. The van der Waals surface area contributed by atoms with Gasteiger partial charge in [-0.25, -0.2) is 4.79 Å². The fourth-order valence-corrected chi connectivity index (χ4v) is 1.51. The molecule has 0 aliphatic carbocycles. The summed E-state index contributed by atoms with van der Waals surface area (Å²) in [6.45, 7) is 8.56. The molecule has 0 bridgehead atoms. The summed E-state index contributed by atoms with van der Waals surface area (Å²) in [7, 11) is 3.04. The monoisotopic (exact) mass is 269 g/mol. The van der Waals surface area contributed by atoms with Crippen LogP contribution in [0.4, 0.5) is 4.79 Å². The maximum absolute atomic E-state index is 11.5. The summed E-state index contributed by atoms with van der Waals surface area (Å²) in [5.74, 6) is 0. The molecule has 1 aliphatic rings. The molecule has 0 aromatic heterocycles. The van der Waals surface area contributed by atoms with Crippen LogP contribution in [0.2, 0.25) is 0 Å². The zero-order valence-corrected chi connectivity index (χ0v) is 12.4. The van der Waals surface area contributed by atoms with Gasteiger partial charge >= 0.3 is 13.6 Å². The standard InChI is InChI=1S/C13H23BNO4/c1-12(2,17)13(3,4)19-14-10-7-6-8-15(9-10)11(16)18-5/h7,17H,6,8-9H2,1-5H3/p+1. The zero-order valence-electron chi connectivity index (χ0n) is 12.4. The molecule has 1 radical (unpaired) electrons. The van der Waals surface area contributed by atoms with Crippen LogP contribution in [-0.2, 0) is 9.39 Å². The number of amides is 1. The zero-order chi connectivity index (χ0) is 14.7. The molecule has 0 saturated heterocycles. The fraction of sp³-hybridized carbons (Fsp3) is 0.769. The average molecular weight is 269 g/mol. The first-order chi connectivity index (χ1) is 8.67. The van der Waals surface area contributed by atoms with E-state index < -0.39 is 11.2 Å². The predicted molar refractivity (Wildman–Crippen MR) is 75.3 cm³/mol. The number of hydrogen-bond donors (Lipinski definition) is 0. The maximum Gasteiger partial charge on any atom is 0.409 e. The fourth-order valence-electron chi connectivity index (χ4n) is 1.51. The highest BCUT2D eigenvalue weighted by Crippen LogP contribution is 2.25. The Labute approximate surface area is 115 Å². The third-order valence-corrected chi connectivity index (χ3v) is 3.62. The number of carbonyl (C=O) groups is 1. The van der Waals surface area contributed by atoms with Crippen molar-refractivity contribution in [3.63, 3.8) is 0 Å². The minimum Gasteiger partial charge on any atom is -0.453 e. The lowest BCUT2D eigenvalue weighted by molar-refractivity contribution is -0.0898. The first-order valence-electron chi connectivity index (χ1n) is 6.45. The van der Waals surface area contributed by atoms with E-state index in [1.54, 1.807) is 12.4 Å². The molecule has 19 heavy (non-hydrogen) atoms. The minimum atomic E-state index is -0.708. The third-order valence-electron chi connectivity index (χ3n) is 3.62. The van der Waals surface area contributed by atoms with Gasteiger partial charge in [-0.3, -0.25) is 0 Å². The summed E-state index contributed by atoms with van der Waals surface area (Å²) >= 11 is 0. The molecule has 0 aromatic rings. The van der Waals surface area contributed by atoms with Gasteiger partial charge in [0.2, 0.25) is 0 Å². The molecular formula is C13H24BNO4+. The molecule has 2 N–H and O–H groups in total. The summed E-state index contributed by atoms with van der Waals surface area (Å²) in [4.78, 5) is 13.1. The lowest BCUT2D eigenvalue weighted by atomic mass is 9.80. The lowest BCUT2D eigenvalue weighted by Gasteiger charge is -2.34. The van der Waals surface area contributed by atoms with E-state index in [4.69, 9.17) is 14.5 Å². The molecule has 1 heterocycles. The van der Waals surface area contributed by atoms with Gasteiger partial charge in [0, 0.05) is 26.9 Å². The van der Waals surface area contributed by atoms with Gasteiger partial charge in [-0.15, -0.1) is 0 Å². The van der Waals surface area contributed by atoms with Crippen LogP contribution in [0.1, 0.15) is 34.1 Å². The van der Waals surface area contributed by atoms with E-state index in [0.717, 1.165) is 11.9 Å². The van der Waals surface area contributed by atoms with Crippen molar-refractivity contribution in [2.24, 2.45) is 0 Å². The van der Waals surface area contributed by atoms with Crippen molar-refractivity contribution in [3.05, 3.63) is 11.5 Å². The maximum atomic E-state index is 11.5. The summed E-state index contributed by atoms with van der Waals surface area (Å²) < 4.78 is 10.4. The van der Waals surface area contributed by atoms with E-state index >= 15 is 0 Å². The average Bonchev–Trinajstić information content (AvgIpc) is 2.34. The number of carbonyl (C=O) groups excluding carboxylic acids is 1. The third kappa shape index (κ3) is 4.25. The molecular weight excluding hydrogens is 245 g/mol. The Kier molecular flexibility index (Phi) is 5.04. The van der Waals surface area contributed by atoms with Crippen LogP contribution in [0, 0.1) is 0 Å². The molecule has 0 atom stereocenters. The number of methoxy groups -OCH3 is 1. The summed E-state index contributed by atoms with van der Waals surface area (Å²) in [6, 6.07) is 0. The molecule has 5 nitrogen and oxygen atoms in total. The Morgan fingerprint density at radius 3 is 2.58 bits per heavy atom. The second kappa shape index (κ2) is 5.97. The molecule has 0 unspecified atom stereocenters. The van der Waals surface area contributed by atoms with E-state index in [9.17, 15) is 4.79 Å². The van der Waals surface area contributed by atoms with Crippen LogP contribution in [0.5, 0.6) is 0 Å². The van der Waals surface area contributed by atoms with E-state index in [0.29, 0.717) is 13.1 Å². The normalized spacial score (nSPS) is 16.9. The van der Waals surface area contributed by atoms with Gasteiger partial charge in [0.25, 0.3) is 0 Å². The molecule has 1 rings (SSSR count). The van der Waals surface area contributed by atoms with Crippen LogP contribution in [-0.4, -0.2) is 55.0 Å². The minimum absolute atomic E-state index is 0.320. The summed E-state index contributed by atoms with van der Waals surface area (Å²) in [5, 5.41) is 8.04. The largest absolute Gasteiger partial charge is 0.453 e. The Morgan fingerprint density at radius 2 is 2.05 bits per heavy atom. The number of hydrogen-bond acceptors (Lipinski definition) is 3. The Morgan fingerprint density at radius 1 is 1.42 bits per heavy atom. The summed E-state index contributed by atoms with van der Waals surface area (Å²) in [5.41, 5.74) is -0.365. The van der Waals surface area contributed by atoms with Crippen LogP contribution in [0.3, 0.4) is 0 Å². The Bertz CT molecular complexity index is 360. The first-order valence-corrected chi connectivity index (χ1v) is 6.45. The van der Waals surface area contributed by atoms with E-state index in [-0.39, 0.29) is 6.09 Å². The van der Waals surface area contributed by atoms with Crippen molar-refractivity contribution in [2.45, 2.75) is 45.3 Å². The predicted octanol–water partition coefficient (Wildman–Crippen LogP) is 1.26. The van der Waals surface area contributed by atoms with Gasteiger partial charge in [0.1, 0.15) is 5.60 Å². The Balaban J connectivity index is 2.55. The highest BCUT2D eigenvalue weighted by Gasteiger charge is 2.40. The van der Waals surface area contributed by atoms with Crippen molar-refractivity contribution in [2.75, 3.05) is 20.2 Å². The second-order valence-corrected chi connectivity index (χ2v) is 5.83. The van der Waals surface area contributed by atoms with Gasteiger partial charge in [-0.1, -0.05) is 11.5 Å². The summed E-state index contributed by atoms with van der Waals surface area (Å²) in [6.07, 6.45) is 2.51. The van der Waals surface area contributed by atoms with Crippen LogP contribution in [0.15, 0.2) is 11.5 Å². The van der Waals surface area contributed by atoms with Gasteiger partial charge in [0.05, 0.1) is 7.11 Å². The van der Waals surface area contributed by atoms with Crippen molar-refractivity contribution in [3.8, 4) is 0 Å². The van der Waals surface area contributed by atoms with Crippen molar-refractivity contribution in [1.82, 2.24) is 4.90 Å². The number of ether oxygens (including phenoxy) is 1. The Hall–Kier alpha value is -1.01. The highest BCUT2D eigenvalue weighted by atomic mass is 16.5. The van der Waals surface area contributed by atoms with Crippen LogP contribution >= 0.6 is 0 Å². The van der Waals surface area contributed by atoms with E-state index in [1.165, 1.54) is 7.11 Å². The molecule has 0 fully saturated rings. The van der Waals surface area contributed by atoms with Gasteiger partial charge in [0.15, 0.2) is 5.60 Å². The van der Waals surface area contributed by atoms with Crippen LogP contribution in [0.25, 0.3) is 0 Å². The van der Waals surface area contributed by atoms with Gasteiger partial charge in [-0.2, -0.15) is 0 Å². The molecule has 0 saturated carbocycles. The van der Waals surface area contributed by atoms with Crippen molar-refractivity contribution < 1.29 is 19.3 Å². The number of nitrogens with zero attached hydrogens (tertiary/aromatic N) is 1. The van der Waals surface area contributed by atoms with Crippen LogP contribution < -0.4 is 0 Å². The molecule has 107 valence electrons. The topological polar surface area (TPSA) is 61.7 Å². The van der Waals surface area contributed by atoms with Gasteiger partial charge < -0.3 is 19.4 Å². The molecule has 0 aromatic carbocycles. The second-order valence-electron chi connectivity index (χ2n) is 5.83. The number of rotatable bonds is 4. The van der Waals surface area contributed by atoms with Gasteiger partial charge in [-0.05, 0) is 20.3 Å². The van der Waals surface area contributed by atoms with E-state index in [1.807, 2.05) is 33.8 Å². The quantitative estimate of drug-likeness (QED) is 0.570. The van der Waals surface area contributed by atoms with E-state index in [2.05, 4.69) is 0 Å². The molecule has 6 heteroatoms. The molecule has 0 spiro atoms.